The van der Waals surface area contributed by atoms with Crippen molar-refractivity contribution < 1.29 is 4.79 Å². The number of thioether (sulfide) groups is 1. The Morgan fingerprint density at radius 1 is 1.18 bits per heavy atom. The molecule has 2 aliphatic rings. The van der Waals surface area contributed by atoms with Gasteiger partial charge in [0.15, 0.2) is 0 Å². The Labute approximate surface area is 149 Å². The van der Waals surface area contributed by atoms with Gasteiger partial charge in [-0.05, 0) is 36.6 Å². The lowest BCUT2D eigenvalue weighted by Gasteiger charge is -2.29. The van der Waals surface area contributed by atoms with Crippen LogP contribution in [-0.4, -0.2) is 21.2 Å². The monoisotopic (exact) mass is 371 g/mol. The van der Waals surface area contributed by atoms with Crippen LogP contribution in [0.15, 0.2) is 23.1 Å². The van der Waals surface area contributed by atoms with Gasteiger partial charge in [-0.3, -0.25) is 9.69 Å². The second-order valence-electron chi connectivity index (χ2n) is 5.52. The Bertz CT molecular complexity index is 654. The van der Waals surface area contributed by atoms with Crippen molar-refractivity contribution in [2.75, 3.05) is 0 Å². The fourth-order valence-corrected chi connectivity index (χ4v) is 4.59. The molecule has 1 saturated heterocycles. The highest BCUT2D eigenvalue weighted by molar-refractivity contribution is 8.26. The van der Waals surface area contributed by atoms with Crippen molar-refractivity contribution in [3.63, 3.8) is 0 Å². The van der Waals surface area contributed by atoms with E-state index in [1.807, 2.05) is 17.0 Å². The SMILES string of the molecule is O=C1/C(=C/c2ccc(Cl)c(Cl)c2)SC(=S)N1C1CCCCC1. The smallest absolute Gasteiger partial charge is 0.266 e. The van der Waals surface area contributed by atoms with Crippen LogP contribution in [0.2, 0.25) is 10.0 Å². The Hall–Kier alpha value is -0.550. The second-order valence-corrected chi connectivity index (χ2v) is 8.01. The Morgan fingerprint density at radius 3 is 2.59 bits per heavy atom. The molecule has 1 aromatic carbocycles. The fraction of sp³-hybridized carbons (Fsp3) is 0.375. The van der Waals surface area contributed by atoms with E-state index in [0.717, 1.165) is 18.4 Å². The first-order valence-electron chi connectivity index (χ1n) is 7.28. The first-order valence-corrected chi connectivity index (χ1v) is 9.26. The number of rotatable bonds is 2. The summed E-state index contributed by atoms with van der Waals surface area (Å²) in [5.41, 5.74) is 0.860. The second kappa shape index (κ2) is 6.91. The van der Waals surface area contributed by atoms with E-state index in [2.05, 4.69) is 0 Å². The van der Waals surface area contributed by atoms with Crippen molar-refractivity contribution >= 4 is 63.5 Å². The van der Waals surface area contributed by atoms with E-state index in [9.17, 15) is 4.79 Å². The molecule has 2 fully saturated rings. The molecule has 0 radical (unpaired) electrons. The summed E-state index contributed by atoms with van der Waals surface area (Å²) in [6.07, 6.45) is 7.54. The molecule has 3 rings (SSSR count). The van der Waals surface area contributed by atoms with E-state index in [4.69, 9.17) is 35.4 Å². The third kappa shape index (κ3) is 3.35. The molecular weight excluding hydrogens is 357 g/mol. The summed E-state index contributed by atoms with van der Waals surface area (Å²) in [6.45, 7) is 0. The molecule has 116 valence electrons. The predicted octanol–water partition coefficient (Wildman–Crippen LogP) is 5.53. The molecule has 0 bridgehead atoms. The molecule has 0 aromatic heterocycles. The number of hydrogen-bond acceptors (Lipinski definition) is 3. The van der Waals surface area contributed by atoms with Crippen LogP contribution in [0.4, 0.5) is 0 Å². The molecule has 0 spiro atoms. The minimum Gasteiger partial charge on any atom is -0.290 e. The van der Waals surface area contributed by atoms with Crippen LogP contribution in [-0.2, 0) is 4.79 Å². The largest absolute Gasteiger partial charge is 0.290 e. The number of carbonyl (C=O) groups is 1. The van der Waals surface area contributed by atoms with Gasteiger partial charge in [0.05, 0.1) is 15.0 Å². The van der Waals surface area contributed by atoms with E-state index in [0.29, 0.717) is 19.3 Å². The van der Waals surface area contributed by atoms with E-state index in [1.165, 1.54) is 31.0 Å². The topological polar surface area (TPSA) is 20.3 Å². The van der Waals surface area contributed by atoms with Gasteiger partial charge in [-0.1, -0.05) is 72.5 Å². The summed E-state index contributed by atoms with van der Waals surface area (Å²) >= 11 is 18.7. The fourth-order valence-electron chi connectivity index (χ4n) is 2.89. The van der Waals surface area contributed by atoms with Crippen molar-refractivity contribution in [3.8, 4) is 0 Å². The number of benzene rings is 1. The summed E-state index contributed by atoms with van der Waals surface area (Å²) in [5, 5.41) is 0.992. The number of hydrogen-bond donors (Lipinski definition) is 0. The normalized spacial score (nSPS) is 21.9. The number of carbonyl (C=O) groups excluding carboxylic acids is 1. The molecule has 1 aliphatic carbocycles. The van der Waals surface area contributed by atoms with Crippen LogP contribution in [0.1, 0.15) is 37.7 Å². The molecule has 0 atom stereocenters. The van der Waals surface area contributed by atoms with Crippen LogP contribution in [0.3, 0.4) is 0 Å². The molecule has 0 unspecified atom stereocenters. The van der Waals surface area contributed by atoms with Gasteiger partial charge in [0.2, 0.25) is 0 Å². The predicted molar refractivity (Wildman–Crippen MR) is 98.3 cm³/mol. The molecule has 6 heteroatoms. The van der Waals surface area contributed by atoms with Gasteiger partial charge in [-0.15, -0.1) is 0 Å². The summed E-state index contributed by atoms with van der Waals surface area (Å²) < 4.78 is 0.670. The van der Waals surface area contributed by atoms with Crippen molar-refractivity contribution in [2.45, 2.75) is 38.1 Å². The highest BCUT2D eigenvalue weighted by Crippen LogP contribution is 2.37. The molecule has 0 N–H and O–H groups in total. The van der Waals surface area contributed by atoms with Crippen LogP contribution < -0.4 is 0 Å². The number of nitrogens with zero attached hydrogens (tertiary/aromatic N) is 1. The number of thiocarbonyl (C=S) groups is 1. The van der Waals surface area contributed by atoms with Crippen molar-refractivity contribution in [1.29, 1.82) is 0 Å². The average molecular weight is 372 g/mol. The van der Waals surface area contributed by atoms with Gasteiger partial charge in [-0.25, -0.2) is 0 Å². The third-order valence-corrected chi connectivity index (χ3v) is 6.07. The third-order valence-electron chi connectivity index (χ3n) is 4.00. The zero-order valence-electron chi connectivity index (χ0n) is 11.9. The van der Waals surface area contributed by atoms with Gasteiger partial charge >= 0.3 is 0 Å². The quantitative estimate of drug-likeness (QED) is 0.503. The van der Waals surface area contributed by atoms with Crippen LogP contribution >= 0.6 is 47.2 Å². The molecular formula is C16H15Cl2NOS2. The Balaban J connectivity index is 1.83. The summed E-state index contributed by atoms with van der Waals surface area (Å²) in [5.74, 6) is 0.0213. The first kappa shape index (κ1) is 16.3. The maximum atomic E-state index is 12.7. The zero-order chi connectivity index (χ0) is 15.7. The Morgan fingerprint density at radius 2 is 1.91 bits per heavy atom. The molecule has 1 aromatic rings. The summed E-state index contributed by atoms with van der Waals surface area (Å²) in [6, 6.07) is 5.61. The first-order chi connectivity index (χ1) is 10.6. The maximum Gasteiger partial charge on any atom is 0.266 e. The molecule has 1 amide bonds. The Kier molecular flexibility index (Phi) is 5.13. The molecule has 2 nitrogen and oxygen atoms in total. The van der Waals surface area contributed by atoms with Crippen LogP contribution in [0.25, 0.3) is 6.08 Å². The van der Waals surface area contributed by atoms with E-state index < -0.39 is 0 Å². The van der Waals surface area contributed by atoms with Crippen molar-refractivity contribution in [2.24, 2.45) is 0 Å². The average Bonchev–Trinajstić information content (AvgIpc) is 2.78. The van der Waals surface area contributed by atoms with Crippen LogP contribution in [0, 0.1) is 0 Å². The van der Waals surface area contributed by atoms with Crippen molar-refractivity contribution in [1.82, 2.24) is 4.90 Å². The standard InChI is InChI=1S/C16H15Cl2NOS2/c17-12-7-6-10(8-13(12)18)9-14-15(20)19(16(21)22-14)11-4-2-1-3-5-11/h6-9,11H,1-5H2/b14-9-. The van der Waals surface area contributed by atoms with Crippen LogP contribution in [0.5, 0.6) is 0 Å². The minimum atomic E-state index is 0.0213. The van der Waals surface area contributed by atoms with E-state index >= 15 is 0 Å². The van der Waals surface area contributed by atoms with Gasteiger partial charge in [0.25, 0.3) is 5.91 Å². The van der Waals surface area contributed by atoms with Gasteiger partial charge in [0.1, 0.15) is 4.32 Å². The summed E-state index contributed by atoms with van der Waals surface area (Å²) in [7, 11) is 0. The lowest BCUT2D eigenvalue weighted by atomic mass is 9.94. The lowest BCUT2D eigenvalue weighted by molar-refractivity contribution is -0.124. The molecule has 1 saturated carbocycles. The van der Waals surface area contributed by atoms with E-state index in [-0.39, 0.29) is 11.9 Å². The lowest BCUT2D eigenvalue weighted by Crippen LogP contribution is -2.39. The molecule has 22 heavy (non-hydrogen) atoms. The van der Waals surface area contributed by atoms with E-state index in [1.54, 1.807) is 12.1 Å². The zero-order valence-corrected chi connectivity index (χ0v) is 15.0. The molecule has 1 aliphatic heterocycles. The number of amides is 1. The molecule has 1 heterocycles. The minimum absolute atomic E-state index is 0.0213. The van der Waals surface area contributed by atoms with Gasteiger partial charge in [0, 0.05) is 6.04 Å². The van der Waals surface area contributed by atoms with Crippen molar-refractivity contribution in [3.05, 3.63) is 38.7 Å². The van der Waals surface area contributed by atoms with Gasteiger partial charge < -0.3 is 0 Å². The number of halogens is 2. The highest BCUT2D eigenvalue weighted by Gasteiger charge is 2.37. The maximum absolute atomic E-state index is 12.7. The summed E-state index contributed by atoms with van der Waals surface area (Å²) in [4.78, 5) is 15.1. The highest BCUT2D eigenvalue weighted by atomic mass is 35.5. The van der Waals surface area contributed by atoms with Gasteiger partial charge in [-0.2, -0.15) is 0 Å².